The van der Waals surface area contributed by atoms with Crippen molar-refractivity contribution >= 4 is 5.97 Å². The molecule has 0 aromatic rings. The van der Waals surface area contributed by atoms with Crippen LogP contribution in [0, 0.1) is 45.8 Å². The van der Waals surface area contributed by atoms with E-state index in [-0.39, 0.29) is 31.0 Å². The van der Waals surface area contributed by atoms with Crippen molar-refractivity contribution in [1.82, 2.24) is 0 Å². The fourth-order valence-electron chi connectivity index (χ4n) is 9.55. The van der Waals surface area contributed by atoms with Gasteiger partial charge in [0.1, 0.15) is 23.7 Å². The van der Waals surface area contributed by atoms with Crippen LogP contribution in [0.3, 0.4) is 0 Å². The fraction of sp³-hybridized carbons (Fsp3) is 0.889. The van der Waals surface area contributed by atoms with Gasteiger partial charge in [-0.2, -0.15) is 0 Å². The lowest BCUT2D eigenvalue weighted by atomic mass is 9.42. The van der Waals surface area contributed by atoms with E-state index in [1.807, 2.05) is 13.8 Å². The van der Waals surface area contributed by atoms with Gasteiger partial charge in [0.25, 0.3) is 0 Å². The lowest BCUT2D eigenvalue weighted by molar-refractivity contribution is -0.307. The summed E-state index contributed by atoms with van der Waals surface area (Å²) < 4.78 is 17.5. The van der Waals surface area contributed by atoms with Gasteiger partial charge in [-0.05, 0) is 55.8 Å². The van der Waals surface area contributed by atoms with Crippen LogP contribution in [0.4, 0.5) is 0 Å². The van der Waals surface area contributed by atoms with Crippen molar-refractivity contribution in [3.8, 4) is 0 Å². The number of rotatable bonds is 7. The number of aliphatic hydroxyl groups excluding tert-OH is 3. The van der Waals surface area contributed by atoms with Gasteiger partial charge in [-0.3, -0.25) is 4.79 Å². The summed E-state index contributed by atoms with van der Waals surface area (Å²) in [5.41, 5.74) is -1.78. The fourth-order valence-corrected chi connectivity index (χ4v) is 9.55. The average Bonchev–Trinajstić information content (AvgIpc) is 3.38. The first kappa shape index (κ1) is 25.6. The maximum atomic E-state index is 13.5. The van der Waals surface area contributed by atoms with Gasteiger partial charge in [0.2, 0.25) is 0 Å². The minimum absolute atomic E-state index is 0.0258. The zero-order valence-electron chi connectivity index (χ0n) is 21.5. The number of carboxylic acids is 1. The second-order valence-electron chi connectivity index (χ2n) is 12.3. The molecule has 0 amide bonds. The average molecular weight is 495 g/mol. The van der Waals surface area contributed by atoms with Crippen molar-refractivity contribution in [3.63, 3.8) is 0 Å². The van der Waals surface area contributed by atoms with E-state index < -0.39 is 52.9 Å². The number of fused-ring (bicyclic) bond motifs is 2. The van der Waals surface area contributed by atoms with Gasteiger partial charge < -0.3 is 34.6 Å². The van der Waals surface area contributed by atoms with Gasteiger partial charge in [0, 0.05) is 17.9 Å². The first-order chi connectivity index (χ1) is 16.5. The van der Waals surface area contributed by atoms with Crippen molar-refractivity contribution in [2.75, 3.05) is 20.3 Å². The predicted molar refractivity (Wildman–Crippen MR) is 126 cm³/mol. The van der Waals surface area contributed by atoms with Gasteiger partial charge in [-0.1, -0.05) is 38.8 Å². The van der Waals surface area contributed by atoms with E-state index in [1.165, 1.54) is 7.11 Å². The number of aliphatic hydroxyl groups is 3. The zero-order valence-corrected chi connectivity index (χ0v) is 21.5. The van der Waals surface area contributed by atoms with Gasteiger partial charge >= 0.3 is 5.97 Å². The lowest BCUT2D eigenvalue weighted by Crippen LogP contribution is -2.65. The number of hydrogen-bond donors (Lipinski definition) is 4. The lowest BCUT2D eigenvalue weighted by Gasteiger charge is -2.60. The van der Waals surface area contributed by atoms with Crippen LogP contribution in [0.5, 0.6) is 0 Å². The molecule has 0 aromatic carbocycles. The van der Waals surface area contributed by atoms with E-state index in [2.05, 4.69) is 13.0 Å². The Kier molecular flexibility index (Phi) is 6.22. The molecule has 5 aliphatic rings. The molecule has 8 nitrogen and oxygen atoms in total. The van der Waals surface area contributed by atoms with Crippen LogP contribution in [-0.2, 0) is 19.0 Å². The maximum absolute atomic E-state index is 13.5. The molecule has 9 unspecified atom stereocenters. The van der Waals surface area contributed by atoms with Crippen molar-refractivity contribution in [3.05, 3.63) is 11.6 Å². The Morgan fingerprint density at radius 1 is 1.17 bits per heavy atom. The molecule has 1 heterocycles. The SMILES string of the molecule is COC1C(C)OC(OCC23C[C@@H]4[C@H](C)CC[C@H]4C4(CO)CC2C=C(C(C)C)C34C(=O)O)C(O)C1O. The predicted octanol–water partition coefficient (Wildman–Crippen LogP) is 2.20. The third-order valence-corrected chi connectivity index (χ3v) is 10.9. The summed E-state index contributed by atoms with van der Waals surface area (Å²) in [4.78, 5) is 13.5. The highest BCUT2D eigenvalue weighted by atomic mass is 16.7. The molecule has 4 bridgehead atoms. The molecule has 1 aliphatic heterocycles. The Labute approximate surface area is 207 Å². The number of methoxy groups -OCH3 is 1. The molecule has 12 atom stereocenters. The highest BCUT2D eigenvalue weighted by Gasteiger charge is 2.84. The number of allylic oxidation sites excluding steroid dienone is 1. The molecule has 0 aromatic heterocycles. The summed E-state index contributed by atoms with van der Waals surface area (Å²) in [5.74, 6) is 0.0692. The normalized spacial score (nSPS) is 52.6. The Bertz CT molecular complexity index is 888. The number of aliphatic carboxylic acids is 1. The van der Waals surface area contributed by atoms with Crippen molar-refractivity contribution in [1.29, 1.82) is 0 Å². The molecular formula is C27H42O8. The maximum Gasteiger partial charge on any atom is 0.315 e. The summed E-state index contributed by atoms with van der Waals surface area (Å²) in [6, 6.07) is 0. The third-order valence-electron chi connectivity index (χ3n) is 10.9. The molecule has 0 radical (unpaired) electrons. The second kappa shape index (κ2) is 8.50. The highest BCUT2D eigenvalue weighted by molar-refractivity contribution is 5.85. The summed E-state index contributed by atoms with van der Waals surface area (Å²) >= 11 is 0. The van der Waals surface area contributed by atoms with Gasteiger partial charge in [-0.25, -0.2) is 0 Å². The van der Waals surface area contributed by atoms with E-state index in [4.69, 9.17) is 14.2 Å². The van der Waals surface area contributed by atoms with Crippen LogP contribution in [0.25, 0.3) is 0 Å². The molecule has 3 saturated carbocycles. The Morgan fingerprint density at radius 3 is 2.49 bits per heavy atom. The molecule has 4 aliphatic carbocycles. The molecule has 198 valence electrons. The minimum Gasteiger partial charge on any atom is -0.481 e. The van der Waals surface area contributed by atoms with E-state index >= 15 is 0 Å². The molecule has 4 N–H and O–H groups in total. The molecule has 35 heavy (non-hydrogen) atoms. The van der Waals surface area contributed by atoms with Crippen LogP contribution in [0.1, 0.15) is 53.4 Å². The highest BCUT2D eigenvalue weighted by Crippen LogP contribution is 2.83. The van der Waals surface area contributed by atoms with E-state index in [1.54, 1.807) is 6.92 Å². The Hall–Kier alpha value is -1.03. The number of ether oxygens (including phenoxy) is 3. The summed E-state index contributed by atoms with van der Waals surface area (Å²) in [5, 5.41) is 43.4. The zero-order chi connectivity index (χ0) is 25.5. The molecule has 5 rings (SSSR count). The molecule has 1 saturated heterocycles. The third kappa shape index (κ3) is 2.98. The Balaban J connectivity index is 1.56. The number of hydrogen-bond acceptors (Lipinski definition) is 7. The standard InChI is InChI=1S/C27H42O8/c1-13(2)19-8-16-9-25(11-28)18-7-6-14(3)17(18)10-26(16,27(19,25)24(31)32)12-34-23-21(30)20(29)22(33-5)15(4)35-23/h8,13-18,20-23,28-30H,6-7,9-12H2,1-5H3,(H,31,32)/t14-,15?,16?,17-,18-,20?,21?,22?,23?,25?,26?,27?/m1/s1. The smallest absolute Gasteiger partial charge is 0.315 e. The second-order valence-corrected chi connectivity index (χ2v) is 12.3. The monoisotopic (exact) mass is 494 g/mol. The number of carbonyl (C=O) groups is 1. The summed E-state index contributed by atoms with van der Waals surface area (Å²) in [6.45, 7) is 8.03. The van der Waals surface area contributed by atoms with Crippen molar-refractivity contribution < 1.29 is 39.4 Å². The quantitative estimate of drug-likeness (QED) is 0.397. The van der Waals surface area contributed by atoms with Gasteiger partial charge in [0.05, 0.1) is 19.3 Å². The van der Waals surface area contributed by atoms with Crippen molar-refractivity contribution in [2.45, 2.75) is 84.1 Å². The van der Waals surface area contributed by atoms with Crippen LogP contribution in [-0.4, -0.2) is 77.4 Å². The van der Waals surface area contributed by atoms with Crippen LogP contribution < -0.4 is 0 Å². The van der Waals surface area contributed by atoms with Crippen molar-refractivity contribution in [2.24, 2.45) is 45.8 Å². The molecule has 8 heteroatoms. The van der Waals surface area contributed by atoms with E-state index in [0.717, 1.165) is 18.4 Å². The molecule has 0 spiro atoms. The van der Waals surface area contributed by atoms with Gasteiger partial charge in [0.15, 0.2) is 6.29 Å². The number of carboxylic acid groups (broad SMARTS) is 1. The first-order valence-corrected chi connectivity index (χ1v) is 13.2. The largest absolute Gasteiger partial charge is 0.481 e. The molecule has 4 fully saturated rings. The van der Waals surface area contributed by atoms with Crippen LogP contribution in [0.2, 0.25) is 0 Å². The van der Waals surface area contributed by atoms with Crippen LogP contribution >= 0.6 is 0 Å². The summed E-state index contributed by atoms with van der Waals surface area (Å²) in [6.07, 6.45) is 0.761. The Morgan fingerprint density at radius 2 is 1.89 bits per heavy atom. The van der Waals surface area contributed by atoms with Gasteiger partial charge in [-0.15, -0.1) is 0 Å². The minimum atomic E-state index is -1.31. The van der Waals surface area contributed by atoms with E-state index in [9.17, 15) is 25.2 Å². The molecular weight excluding hydrogens is 452 g/mol. The van der Waals surface area contributed by atoms with Crippen LogP contribution in [0.15, 0.2) is 11.6 Å². The first-order valence-electron chi connectivity index (χ1n) is 13.2. The summed E-state index contributed by atoms with van der Waals surface area (Å²) in [7, 11) is 1.46. The topological polar surface area (TPSA) is 126 Å². The van der Waals surface area contributed by atoms with E-state index in [0.29, 0.717) is 24.7 Å².